The van der Waals surface area contributed by atoms with E-state index in [0.29, 0.717) is 5.52 Å². The first-order valence-electron chi connectivity index (χ1n) is 9.01. The molecule has 0 unspecified atom stereocenters. The monoisotopic (exact) mass is 371 g/mol. The highest BCUT2D eigenvalue weighted by Gasteiger charge is 2.25. The molecule has 138 valence electrons. The van der Waals surface area contributed by atoms with Crippen molar-refractivity contribution in [1.82, 2.24) is 4.57 Å². The number of carbonyl (C=O) groups excluding carboxylic acids is 2. The van der Waals surface area contributed by atoms with Gasteiger partial charge in [-0.15, -0.1) is 0 Å². The molecular weight excluding hydrogens is 353 g/mol. The van der Waals surface area contributed by atoms with Gasteiger partial charge < -0.3 is 4.57 Å². The van der Waals surface area contributed by atoms with Gasteiger partial charge in [0.1, 0.15) is 5.82 Å². The quantitative estimate of drug-likeness (QED) is 0.278. The highest BCUT2D eigenvalue weighted by molar-refractivity contribution is 6.36. The molecule has 1 heterocycles. The SMILES string of the molecule is Cc1ccc(F)c2c(C(=O)C=O)cn(C(c3ccccc3)c3ccccc3)c12. The number of ketones is 1. The van der Waals surface area contributed by atoms with Crippen LogP contribution in [0.1, 0.15) is 33.1 Å². The summed E-state index contributed by atoms with van der Waals surface area (Å²) in [5.74, 6) is -1.24. The molecule has 0 fully saturated rings. The van der Waals surface area contributed by atoms with Crippen molar-refractivity contribution >= 4 is 23.0 Å². The van der Waals surface area contributed by atoms with Gasteiger partial charge >= 0.3 is 0 Å². The van der Waals surface area contributed by atoms with Gasteiger partial charge in [-0.1, -0.05) is 66.7 Å². The minimum absolute atomic E-state index is 0.0862. The molecule has 0 N–H and O–H groups in total. The van der Waals surface area contributed by atoms with Gasteiger partial charge in [-0.25, -0.2) is 4.39 Å². The lowest BCUT2D eigenvalue weighted by atomic mass is 9.98. The summed E-state index contributed by atoms with van der Waals surface area (Å²) in [6, 6.07) is 22.4. The molecule has 0 spiro atoms. The number of Topliss-reactive ketones (excluding diaryl/α,β-unsaturated/α-hetero) is 1. The van der Waals surface area contributed by atoms with Crippen molar-refractivity contribution in [3.05, 3.63) is 107 Å². The molecule has 4 aromatic rings. The van der Waals surface area contributed by atoms with Crippen molar-refractivity contribution in [2.75, 3.05) is 0 Å². The number of aromatic nitrogens is 1. The van der Waals surface area contributed by atoms with Crippen LogP contribution in [0.15, 0.2) is 79.0 Å². The summed E-state index contributed by atoms with van der Waals surface area (Å²) >= 11 is 0. The Balaban J connectivity index is 2.09. The van der Waals surface area contributed by atoms with Crippen LogP contribution in [-0.2, 0) is 4.79 Å². The summed E-state index contributed by atoms with van der Waals surface area (Å²) in [4.78, 5) is 23.4. The van der Waals surface area contributed by atoms with Crippen LogP contribution in [0.2, 0.25) is 0 Å². The molecule has 0 aliphatic carbocycles. The Bertz CT molecular complexity index is 1120. The second-order valence-corrected chi connectivity index (χ2v) is 6.74. The fourth-order valence-corrected chi connectivity index (χ4v) is 3.77. The number of nitrogens with zero attached hydrogens (tertiary/aromatic N) is 1. The van der Waals surface area contributed by atoms with E-state index in [4.69, 9.17) is 0 Å². The van der Waals surface area contributed by atoms with E-state index in [0.717, 1.165) is 16.7 Å². The molecule has 4 rings (SSSR count). The number of fused-ring (bicyclic) bond motifs is 1. The zero-order valence-corrected chi connectivity index (χ0v) is 15.3. The van der Waals surface area contributed by atoms with Crippen molar-refractivity contribution in [2.24, 2.45) is 0 Å². The average molecular weight is 371 g/mol. The fraction of sp³-hybridized carbons (Fsp3) is 0.0833. The van der Waals surface area contributed by atoms with E-state index >= 15 is 0 Å². The van der Waals surface area contributed by atoms with E-state index in [1.807, 2.05) is 72.2 Å². The standard InChI is InChI=1S/C24H18FNO2/c1-16-12-13-20(25)22-19(21(28)15-27)14-26(23(16)22)24(17-8-4-2-5-9-17)18-10-6-3-7-11-18/h2-15,24H,1H3. The van der Waals surface area contributed by atoms with E-state index in [1.165, 1.54) is 6.07 Å². The van der Waals surface area contributed by atoms with E-state index in [-0.39, 0.29) is 23.3 Å². The zero-order chi connectivity index (χ0) is 19.7. The maximum Gasteiger partial charge on any atom is 0.227 e. The number of carbonyl (C=O) groups is 2. The molecule has 0 amide bonds. The molecule has 28 heavy (non-hydrogen) atoms. The summed E-state index contributed by atoms with van der Waals surface area (Å²) in [5, 5.41) is 0.189. The van der Waals surface area contributed by atoms with Gasteiger partial charge in [0.05, 0.1) is 17.1 Å². The molecule has 0 radical (unpaired) electrons. The van der Waals surface area contributed by atoms with E-state index < -0.39 is 11.6 Å². The average Bonchev–Trinajstić information content (AvgIpc) is 3.13. The molecule has 0 aliphatic heterocycles. The van der Waals surface area contributed by atoms with Crippen molar-refractivity contribution in [1.29, 1.82) is 0 Å². The Kier molecular flexibility index (Phi) is 4.62. The highest BCUT2D eigenvalue weighted by atomic mass is 19.1. The zero-order valence-electron chi connectivity index (χ0n) is 15.3. The summed E-state index contributed by atoms with van der Waals surface area (Å²) in [5.41, 5.74) is 3.53. The Morgan fingerprint density at radius 2 is 1.50 bits per heavy atom. The van der Waals surface area contributed by atoms with Gasteiger partial charge in [0.2, 0.25) is 5.78 Å². The van der Waals surface area contributed by atoms with Crippen LogP contribution in [0, 0.1) is 12.7 Å². The van der Waals surface area contributed by atoms with Crippen molar-refractivity contribution in [3.8, 4) is 0 Å². The molecular formula is C24H18FNO2. The maximum atomic E-state index is 14.7. The molecule has 0 saturated heterocycles. The van der Waals surface area contributed by atoms with Crippen LogP contribution < -0.4 is 0 Å². The summed E-state index contributed by atoms with van der Waals surface area (Å²) in [7, 11) is 0. The molecule has 1 aromatic heterocycles. The van der Waals surface area contributed by atoms with Crippen LogP contribution in [0.5, 0.6) is 0 Å². The molecule has 0 atom stereocenters. The lowest BCUT2D eigenvalue weighted by Gasteiger charge is -2.22. The van der Waals surface area contributed by atoms with Crippen molar-refractivity contribution in [2.45, 2.75) is 13.0 Å². The van der Waals surface area contributed by atoms with Gasteiger partial charge in [0, 0.05) is 11.6 Å². The number of aryl methyl sites for hydroxylation is 1. The Hall–Kier alpha value is -3.53. The predicted molar refractivity (Wildman–Crippen MR) is 107 cm³/mol. The van der Waals surface area contributed by atoms with Crippen LogP contribution in [0.25, 0.3) is 10.9 Å². The molecule has 0 bridgehead atoms. The maximum absolute atomic E-state index is 14.7. The highest BCUT2D eigenvalue weighted by Crippen LogP contribution is 2.35. The van der Waals surface area contributed by atoms with Crippen LogP contribution in [0.3, 0.4) is 0 Å². The third-order valence-electron chi connectivity index (χ3n) is 5.01. The third-order valence-corrected chi connectivity index (χ3v) is 5.01. The number of aldehydes is 1. The van der Waals surface area contributed by atoms with E-state index in [1.54, 1.807) is 12.3 Å². The van der Waals surface area contributed by atoms with Gasteiger partial charge in [-0.2, -0.15) is 0 Å². The largest absolute Gasteiger partial charge is 0.335 e. The van der Waals surface area contributed by atoms with E-state index in [2.05, 4.69) is 0 Å². The molecule has 3 nitrogen and oxygen atoms in total. The van der Waals surface area contributed by atoms with Crippen LogP contribution in [-0.4, -0.2) is 16.6 Å². The number of hydrogen-bond donors (Lipinski definition) is 0. The first-order valence-corrected chi connectivity index (χ1v) is 9.01. The predicted octanol–water partition coefficient (Wildman–Crippen LogP) is 5.11. The molecule has 3 aromatic carbocycles. The number of benzene rings is 3. The van der Waals surface area contributed by atoms with Gasteiger partial charge in [0.15, 0.2) is 6.29 Å². The fourth-order valence-electron chi connectivity index (χ4n) is 3.77. The molecule has 0 saturated carbocycles. The first kappa shape index (κ1) is 17.9. The van der Waals surface area contributed by atoms with E-state index in [9.17, 15) is 14.0 Å². The normalized spacial score (nSPS) is 11.1. The third kappa shape index (κ3) is 2.93. The second kappa shape index (κ2) is 7.24. The Labute approximate surface area is 162 Å². The van der Waals surface area contributed by atoms with Crippen molar-refractivity contribution in [3.63, 3.8) is 0 Å². The summed E-state index contributed by atoms with van der Waals surface area (Å²) in [6.07, 6.45) is 1.84. The van der Waals surface area contributed by atoms with Gasteiger partial charge in [-0.05, 0) is 29.7 Å². The molecule has 4 heteroatoms. The second-order valence-electron chi connectivity index (χ2n) is 6.74. The number of rotatable bonds is 5. The Morgan fingerprint density at radius 3 is 2.04 bits per heavy atom. The lowest BCUT2D eigenvalue weighted by molar-refractivity contribution is -0.104. The minimum Gasteiger partial charge on any atom is -0.335 e. The lowest BCUT2D eigenvalue weighted by Crippen LogP contribution is -2.12. The summed E-state index contributed by atoms with van der Waals surface area (Å²) in [6.45, 7) is 1.88. The van der Waals surface area contributed by atoms with Crippen LogP contribution in [0.4, 0.5) is 4.39 Å². The molecule has 0 aliphatic rings. The smallest absolute Gasteiger partial charge is 0.227 e. The van der Waals surface area contributed by atoms with Gasteiger partial charge in [0.25, 0.3) is 0 Å². The topological polar surface area (TPSA) is 39.1 Å². The number of halogens is 1. The summed E-state index contributed by atoms with van der Waals surface area (Å²) < 4.78 is 16.6. The Morgan fingerprint density at radius 1 is 0.929 bits per heavy atom. The van der Waals surface area contributed by atoms with Gasteiger partial charge in [-0.3, -0.25) is 9.59 Å². The van der Waals surface area contributed by atoms with Crippen LogP contribution >= 0.6 is 0 Å². The first-order chi connectivity index (χ1) is 13.6. The minimum atomic E-state index is -0.729. The van der Waals surface area contributed by atoms with Crippen molar-refractivity contribution < 1.29 is 14.0 Å². The number of hydrogen-bond acceptors (Lipinski definition) is 2.